The van der Waals surface area contributed by atoms with Crippen LogP contribution in [-0.2, 0) is 13.6 Å². The Hall–Kier alpha value is -1.43. The number of nitrogens with one attached hydrogen (secondary N) is 1. The molecule has 17 heavy (non-hydrogen) atoms. The van der Waals surface area contributed by atoms with E-state index < -0.39 is 12.5 Å². The van der Waals surface area contributed by atoms with Gasteiger partial charge in [-0.25, -0.2) is 0 Å². The van der Waals surface area contributed by atoms with Gasteiger partial charge in [0, 0.05) is 20.3 Å². The van der Waals surface area contributed by atoms with Crippen LogP contribution >= 0.6 is 7.60 Å². The highest BCUT2D eigenvalue weighted by Gasteiger charge is 2.22. The normalized spacial score (nSPS) is 11.2. The zero-order valence-electron chi connectivity index (χ0n) is 9.45. The van der Waals surface area contributed by atoms with E-state index in [4.69, 9.17) is 9.05 Å². The zero-order chi connectivity index (χ0) is 12.9. The SMILES string of the molecule is COP(=O)(CNc1ccccc1[N+](=O)[O-])OC. The van der Waals surface area contributed by atoms with E-state index in [-0.39, 0.29) is 17.7 Å². The number of rotatable bonds is 6. The lowest BCUT2D eigenvalue weighted by atomic mass is 10.3. The summed E-state index contributed by atoms with van der Waals surface area (Å²) in [5.74, 6) is 0. The quantitative estimate of drug-likeness (QED) is 0.480. The number of nitro benzene ring substituents is 1. The summed E-state index contributed by atoms with van der Waals surface area (Å²) in [7, 11) is -0.720. The summed E-state index contributed by atoms with van der Waals surface area (Å²) in [5, 5.41) is 13.4. The van der Waals surface area contributed by atoms with Gasteiger partial charge in [0.15, 0.2) is 0 Å². The molecule has 0 heterocycles. The number of para-hydroxylation sites is 2. The van der Waals surface area contributed by atoms with Gasteiger partial charge in [-0.1, -0.05) is 12.1 Å². The molecule has 0 aliphatic rings. The van der Waals surface area contributed by atoms with Crippen LogP contribution in [0.25, 0.3) is 0 Å². The van der Waals surface area contributed by atoms with E-state index >= 15 is 0 Å². The minimum absolute atomic E-state index is 0.0914. The van der Waals surface area contributed by atoms with Crippen LogP contribution in [0.3, 0.4) is 0 Å². The molecule has 0 fully saturated rings. The number of benzene rings is 1. The molecule has 1 N–H and O–H groups in total. The van der Waals surface area contributed by atoms with Crippen molar-refractivity contribution in [2.75, 3.05) is 25.8 Å². The summed E-state index contributed by atoms with van der Waals surface area (Å²) in [6.07, 6.45) is -0.134. The van der Waals surface area contributed by atoms with Crippen molar-refractivity contribution in [1.82, 2.24) is 0 Å². The maximum absolute atomic E-state index is 11.7. The lowest BCUT2D eigenvalue weighted by Gasteiger charge is -2.14. The van der Waals surface area contributed by atoms with E-state index in [1.54, 1.807) is 12.1 Å². The maximum Gasteiger partial charge on any atom is 0.349 e. The van der Waals surface area contributed by atoms with Crippen molar-refractivity contribution in [3.63, 3.8) is 0 Å². The largest absolute Gasteiger partial charge is 0.368 e. The Morgan fingerprint density at radius 1 is 1.35 bits per heavy atom. The smallest absolute Gasteiger partial charge is 0.349 e. The number of nitro groups is 1. The standard InChI is InChI=1S/C9H13N2O5P/c1-15-17(14,16-2)7-10-8-5-3-4-6-9(8)11(12)13/h3-6,10H,7H2,1-2H3. The summed E-state index contributed by atoms with van der Waals surface area (Å²) < 4.78 is 21.1. The van der Waals surface area contributed by atoms with Crippen LogP contribution in [-0.4, -0.2) is 25.4 Å². The Labute approximate surface area is 98.4 Å². The molecule has 1 rings (SSSR count). The van der Waals surface area contributed by atoms with Crippen LogP contribution in [0.4, 0.5) is 11.4 Å². The van der Waals surface area contributed by atoms with E-state index in [0.29, 0.717) is 0 Å². The van der Waals surface area contributed by atoms with E-state index in [1.165, 1.54) is 26.4 Å². The molecule has 0 atom stereocenters. The highest BCUT2D eigenvalue weighted by molar-refractivity contribution is 7.53. The van der Waals surface area contributed by atoms with Crippen molar-refractivity contribution in [3.8, 4) is 0 Å². The van der Waals surface area contributed by atoms with Crippen LogP contribution in [0.5, 0.6) is 0 Å². The van der Waals surface area contributed by atoms with Crippen LogP contribution in [0.15, 0.2) is 24.3 Å². The Bertz CT molecular complexity index is 443. The van der Waals surface area contributed by atoms with Crippen molar-refractivity contribution in [1.29, 1.82) is 0 Å². The molecule has 1 aromatic rings. The van der Waals surface area contributed by atoms with Gasteiger partial charge in [-0.3, -0.25) is 14.7 Å². The Morgan fingerprint density at radius 3 is 2.47 bits per heavy atom. The summed E-state index contributed by atoms with van der Waals surface area (Å²) in [4.78, 5) is 10.2. The molecule has 0 spiro atoms. The Kier molecular flexibility index (Phi) is 4.62. The summed E-state index contributed by atoms with van der Waals surface area (Å²) in [6, 6.07) is 6.07. The summed E-state index contributed by atoms with van der Waals surface area (Å²) in [6.45, 7) is 0. The first-order chi connectivity index (χ1) is 8.02. The topological polar surface area (TPSA) is 90.7 Å². The Morgan fingerprint density at radius 2 is 1.94 bits per heavy atom. The highest BCUT2D eigenvalue weighted by Crippen LogP contribution is 2.46. The highest BCUT2D eigenvalue weighted by atomic mass is 31.2. The van der Waals surface area contributed by atoms with Gasteiger partial charge in [0.05, 0.1) is 4.92 Å². The lowest BCUT2D eigenvalue weighted by molar-refractivity contribution is -0.383. The third-order valence-electron chi connectivity index (χ3n) is 2.12. The molecule has 1 aromatic carbocycles. The number of hydrogen-bond donors (Lipinski definition) is 1. The van der Waals surface area contributed by atoms with Crippen molar-refractivity contribution in [3.05, 3.63) is 34.4 Å². The molecule has 0 saturated heterocycles. The van der Waals surface area contributed by atoms with Gasteiger partial charge in [-0.2, -0.15) is 0 Å². The van der Waals surface area contributed by atoms with Gasteiger partial charge < -0.3 is 14.4 Å². The molecule has 0 aromatic heterocycles. The van der Waals surface area contributed by atoms with E-state index in [1.807, 2.05) is 0 Å². The molecule has 0 unspecified atom stereocenters. The summed E-state index contributed by atoms with van der Waals surface area (Å²) in [5.41, 5.74) is 0.179. The second-order valence-corrected chi connectivity index (χ2v) is 5.35. The molecule has 0 bridgehead atoms. The molecular formula is C9H13N2O5P. The van der Waals surface area contributed by atoms with Crippen LogP contribution in [0.1, 0.15) is 0 Å². The molecule has 8 heteroatoms. The third-order valence-corrected chi connectivity index (χ3v) is 3.78. The van der Waals surface area contributed by atoms with Gasteiger partial charge >= 0.3 is 7.60 Å². The predicted octanol–water partition coefficient (Wildman–Crippen LogP) is 2.45. The van der Waals surface area contributed by atoms with Crippen molar-refractivity contribution in [2.45, 2.75) is 0 Å². The fourth-order valence-electron chi connectivity index (χ4n) is 1.17. The molecule has 0 aliphatic carbocycles. The molecule has 7 nitrogen and oxygen atoms in total. The third kappa shape index (κ3) is 3.52. The maximum atomic E-state index is 11.7. The average molecular weight is 260 g/mol. The van der Waals surface area contributed by atoms with Crippen LogP contribution < -0.4 is 5.32 Å². The second kappa shape index (κ2) is 5.77. The lowest BCUT2D eigenvalue weighted by Crippen LogP contribution is -2.07. The second-order valence-electron chi connectivity index (χ2n) is 3.09. The van der Waals surface area contributed by atoms with Crippen LogP contribution in [0.2, 0.25) is 0 Å². The van der Waals surface area contributed by atoms with Crippen molar-refractivity contribution >= 4 is 19.0 Å². The molecule has 0 saturated carbocycles. The Balaban J connectivity index is 2.83. The summed E-state index contributed by atoms with van der Waals surface area (Å²) >= 11 is 0. The molecule has 0 radical (unpaired) electrons. The first-order valence-corrected chi connectivity index (χ1v) is 6.43. The molecule has 0 aliphatic heterocycles. The van der Waals surface area contributed by atoms with E-state index in [0.717, 1.165) is 0 Å². The number of nitrogens with zero attached hydrogens (tertiary/aromatic N) is 1. The molecule has 94 valence electrons. The van der Waals surface area contributed by atoms with Gasteiger partial charge in [-0.15, -0.1) is 0 Å². The molecule has 0 amide bonds. The van der Waals surface area contributed by atoms with Gasteiger partial charge in [0.25, 0.3) is 5.69 Å². The first-order valence-electron chi connectivity index (χ1n) is 4.70. The van der Waals surface area contributed by atoms with E-state index in [2.05, 4.69) is 5.32 Å². The molecular weight excluding hydrogens is 247 g/mol. The number of anilines is 1. The van der Waals surface area contributed by atoms with Crippen molar-refractivity contribution in [2.24, 2.45) is 0 Å². The minimum atomic E-state index is -3.23. The predicted molar refractivity (Wildman–Crippen MR) is 63.2 cm³/mol. The monoisotopic (exact) mass is 260 g/mol. The zero-order valence-corrected chi connectivity index (χ0v) is 10.3. The van der Waals surface area contributed by atoms with Gasteiger partial charge in [-0.05, 0) is 6.07 Å². The average Bonchev–Trinajstić information content (AvgIpc) is 2.36. The van der Waals surface area contributed by atoms with E-state index in [9.17, 15) is 14.7 Å². The fourth-order valence-corrected chi connectivity index (χ4v) is 1.94. The fraction of sp³-hybridized carbons (Fsp3) is 0.333. The number of hydrogen-bond acceptors (Lipinski definition) is 6. The van der Waals surface area contributed by atoms with Crippen molar-refractivity contribution < 1.29 is 18.5 Å². The van der Waals surface area contributed by atoms with Gasteiger partial charge in [0.2, 0.25) is 0 Å². The first kappa shape index (κ1) is 13.6. The van der Waals surface area contributed by atoms with Gasteiger partial charge in [0.1, 0.15) is 12.0 Å². The minimum Gasteiger partial charge on any atom is -0.368 e. The van der Waals surface area contributed by atoms with Crippen LogP contribution in [0, 0.1) is 10.1 Å².